The third kappa shape index (κ3) is 1.37. The summed E-state index contributed by atoms with van der Waals surface area (Å²) in [5.41, 5.74) is 0. The van der Waals surface area contributed by atoms with Gasteiger partial charge in [0.05, 0.1) is 5.88 Å². The van der Waals surface area contributed by atoms with Crippen LogP contribution < -0.4 is 4.90 Å². The minimum Gasteiger partial charge on any atom is -0.358 e. The van der Waals surface area contributed by atoms with E-state index in [1.165, 1.54) is 11.3 Å². The summed E-state index contributed by atoms with van der Waals surface area (Å²) >= 11 is 3.18. The zero-order chi connectivity index (χ0) is 11.1. The van der Waals surface area contributed by atoms with E-state index in [9.17, 15) is 10.1 Å². The summed E-state index contributed by atoms with van der Waals surface area (Å²) < 4.78 is 1.54. The van der Waals surface area contributed by atoms with Crippen LogP contribution in [0.15, 0.2) is 11.6 Å². The molecule has 0 aromatic carbocycles. The van der Waals surface area contributed by atoms with Crippen LogP contribution in [0.4, 0.5) is 11.6 Å². The number of imidazole rings is 1. The van der Waals surface area contributed by atoms with Crippen LogP contribution in [0.25, 0.3) is 4.96 Å². The number of thioether (sulfide) groups is 1. The Morgan fingerprint density at radius 2 is 2.44 bits per heavy atom. The summed E-state index contributed by atoms with van der Waals surface area (Å²) in [6.07, 6.45) is 1.69. The van der Waals surface area contributed by atoms with Gasteiger partial charge in [0.15, 0.2) is 0 Å². The number of nitrogens with zero attached hydrogens (tertiary/aromatic N) is 4. The molecule has 3 rings (SSSR count). The Morgan fingerprint density at radius 1 is 1.56 bits per heavy atom. The Labute approximate surface area is 99.0 Å². The molecule has 0 saturated carbocycles. The molecule has 1 aliphatic rings. The Bertz CT molecular complexity index is 543. The maximum absolute atomic E-state index is 11.1. The maximum atomic E-state index is 11.1. The minimum atomic E-state index is -0.356. The summed E-state index contributed by atoms with van der Waals surface area (Å²) in [5.74, 6) is 2.37. The van der Waals surface area contributed by atoms with Crippen LogP contribution in [0.2, 0.25) is 0 Å². The summed E-state index contributed by atoms with van der Waals surface area (Å²) in [6, 6.07) is 0. The number of fused-ring (bicyclic) bond motifs is 1. The molecule has 1 saturated heterocycles. The molecule has 0 bridgehead atoms. The Balaban J connectivity index is 2.18. The Kier molecular flexibility index (Phi) is 2.25. The average molecular weight is 256 g/mol. The Hall–Kier alpha value is -1.28. The second kappa shape index (κ2) is 3.63. The van der Waals surface area contributed by atoms with Gasteiger partial charge in [-0.05, 0) is 4.92 Å². The van der Waals surface area contributed by atoms with Gasteiger partial charge in [-0.1, -0.05) is 11.3 Å². The van der Waals surface area contributed by atoms with Crippen molar-refractivity contribution in [3.8, 4) is 0 Å². The van der Waals surface area contributed by atoms with Gasteiger partial charge in [0, 0.05) is 17.7 Å². The van der Waals surface area contributed by atoms with Crippen molar-refractivity contribution in [2.24, 2.45) is 0 Å². The second-order valence-electron chi connectivity index (χ2n) is 3.37. The zero-order valence-electron chi connectivity index (χ0n) is 8.20. The van der Waals surface area contributed by atoms with E-state index in [0.29, 0.717) is 10.8 Å². The number of hydrogen-bond acceptors (Lipinski definition) is 6. The quantitative estimate of drug-likeness (QED) is 0.605. The fourth-order valence-corrected chi connectivity index (χ4v) is 3.38. The predicted octanol–water partition coefficient (Wildman–Crippen LogP) is 1.81. The highest BCUT2D eigenvalue weighted by Gasteiger charge is 2.29. The highest BCUT2D eigenvalue weighted by atomic mass is 32.2. The van der Waals surface area contributed by atoms with E-state index in [4.69, 9.17) is 0 Å². The number of hydrogen-bond donors (Lipinski definition) is 0. The van der Waals surface area contributed by atoms with Crippen LogP contribution in [-0.2, 0) is 0 Å². The van der Waals surface area contributed by atoms with Crippen molar-refractivity contribution in [3.63, 3.8) is 0 Å². The first-order valence-corrected chi connectivity index (χ1v) is 6.73. The molecule has 0 aliphatic carbocycles. The first-order chi connectivity index (χ1) is 7.77. The van der Waals surface area contributed by atoms with E-state index in [2.05, 4.69) is 4.98 Å². The van der Waals surface area contributed by atoms with Gasteiger partial charge in [0.2, 0.25) is 5.82 Å². The largest absolute Gasteiger partial charge is 0.373 e. The number of anilines is 1. The van der Waals surface area contributed by atoms with Crippen molar-refractivity contribution in [1.82, 2.24) is 9.38 Å². The van der Waals surface area contributed by atoms with Crippen molar-refractivity contribution >= 4 is 39.7 Å². The van der Waals surface area contributed by atoms with E-state index in [1.807, 2.05) is 4.90 Å². The zero-order valence-corrected chi connectivity index (χ0v) is 9.83. The highest BCUT2D eigenvalue weighted by Crippen LogP contribution is 2.33. The van der Waals surface area contributed by atoms with Gasteiger partial charge >= 0.3 is 5.82 Å². The van der Waals surface area contributed by atoms with Gasteiger partial charge in [-0.2, -0.15) is 9.38 Å². The lowest BCUT2D eigenvalue weighted by atomic mass is 10.5. The molecule has 0 N–H and O–H groups in total. The minimum absolute atomic E-state index is 0.0822. The lowest BCUT2D eigenvalue weighted by Gasteiger charge is -2.11. The molecule has 0 unspecified atom stereocenters. The third-order valence-electron chi connectivity index (χ3n) is 2.44. The molecular weight excluding hydrogens is 248 g/mol. The van der Waals surface area contributed by atoms with Crippen LogP contribution in [0.5, 0.6) is 0 Å². The molecule has 84 valence electrons. The van der Waals surface area contributed by atoms with Crippen LogP contribution in [0, 0.1) is 10.1 Å². The summed E-state index contributed by atoms with van der Waals surface area (Å²) in [7, 11) is 0. The van der Waals surface area contributed by atoms with Gasteiger partial charge in [0.25, 0.3) is 4.96 Å². The van der Waals surface area contributed by atoms with Gasteiger partial charge in [-0.3, -0.25) is 0 Å². The molecule has 2 aromatic rings. The topological polar surface area (TPSA) is 63.7 Å². The fourth-order valence-electron chi connectivity index (χ4n) is 1.73. The predicted molar refractivity (Wildman–Crippen MR) is 64.4 cm³/mol. The van der Waals surface area contributed by atoms with Crippen molar-refractivity contribution in [2.75, 3.05) is 23.1 Å². The van der Waals surface area contributed by atoms with Crippen LogP contribution in [-0.4, -0.2) is 32.5 Å². The first kappa shape index (κ1) is 9.91. The van der Waals surface area contributed by atoms with E-state index < -0.39 is 0 Å². The number of nitro groups is 1. The van der Waals surface area contributed by atoms with Crippen molar-refractivity contribution in [2.45, 2.75) is 0 Å². The van der Waals surface area contributed by atoms with E-state index in [1.54, 1.807) is 27.7 Å². The molecule has 0 radical (unpaired) electrons. The Morgan fingerprint density at radius 3 is 3.12 bits per heavy atom. The van der Waals surface area contributed by atoms with Crippen LogP contribution in [0.3, 0.4) is 0 Å². The van der Waals surface area contributed by atoms with Crippen molar-refractivity contribution in [1.29, 1.82) is 0 Å². The molecule has 0 atom stereocenters. The van der Waals surface area contributed by atoms with Crippen LogP contribution in [0.1, 0.15) is 0 Å². The maximum Gasteiger partial charge on any atom is 0.373 e. The molecule has 6 nitrogen and oxygen atoms in total. The fraction of sp³-hybridized carbons (Fsp3) is 0.375. The summed E-state index contributed by atoms with van der Waals surface area (Å²) in [5, 5.41) is 12.9. The van der Waals surface area contributed by atoms with E-state index >= 15 is 0 Å². The molecule has 16 heavy (non-hydrogen) atoms. The molecule has 2 aromatic heterocycles. The summed E-state index contributed by atoms with van der Waals surface area (Å²) in [4.78, 5) is 17.7. The standard InChI is InChI=1S/C8H8N4O2S2/c13-12(14)7-6(10-1-3-15-5-10)9-8-11(7)2-4-16-8/h2,4H,1,3,5H2. The molecule has 8 heteroatoms. The van der Waals surface area contributed by atoms with Crippen molar-refractivity contribution in [3.05, 3.63) is 21.7 Å². The lowest BCUT2D eigenvalue weighted by molar-refractivity contribution is -0.389. The lowest BCUT2D eigenvalue weighted by Crippen LogP contribution is -2.19. The third-order valence-corrected chi connectivity index (χ3v) is 4.17. The molecular formula is C8H8N4O2S2. The van der Waals surface area contributed by atoms with Crippen LogP contribution >= 0.6 is 23.1 Å². The monoisotopic (exact) mass is 256 g/mol. The molecule has 1 aliphatic heterocycles. The molecule has 1 fully saturated rings. The van der Waals surface area contributed by atoms with Crippen molar-refractivity contribution < 1.29 is 4.92 Å². The SMILES string of the molecule is O=[N+]([O-])c1c(N2CCSC2)nc2sccn12. The van der Waals surface area contributed by atoms with E-state index in [0.717, 1.165) is 18.2 Å². The summed E-state index contributed by atoms with van der Waals surface area (Å²) in [6.45, 7) is 0.830. The molecule has 0 spiro atoms. The highest BCUT2D eigenvalue weighted by molar-refractivity contribution is 7.99. The first-order valence-electron chi connectivity index (χ1n) is 4.70. The molecule has 3 heterocycles. The number of aromatic nitrogens is 2. The van der Waals surface area contributed by atoms with Gasteiger partial charge < -0.3 is 15.0 Å². The second-order valence-corrected chi connectivity index (χ2v) is 5.32. The van der Waals surface area contributed by atoms with Gasteiger partial charge in [0.1, 0.15) is 6.20 Å². The van der Waals surface area contributed by atoms with Gasteiger partial charge in [-0.15, -0.1) is 11.8 Å². The number of rotatable bonds is 2. The molecule has 0 amide bonds. The normalized spacial score (nSPS) is 16.1. The smallest absolute Gasteiger partial charge is 0.358 e. The number of thiazole rings is 1. The van der Waals surface area contributed by atoms with E-state index in [-0.39, 0.29) is 10.7 Å². The average Bonchev–Trinajstić information content (AvgIpc) is 2.92. The van der Waals surface area contributed by atoms with Gasteiger partial charge in [-0.25, -0.2) is 0 Å².